The van der Waals surface area contributed by atoms with Gasteiger partial charge in [-0.2, -0.15) is 0 Å². The van der Waals surface area contributed by atoms with E-state index < -0.39 is 0 Å². The summed E-state index contributed by atoms with van der Waals surface area (Å²) in [6, 6.07) is 7.18. The van der Waals surface area contributed by atoms with Crippen LogP contribution in [0.1, 0.15) is 123 Å². The maximum atomic E-state index is 13.9. The van der Waals surface area contributed by atoms with E-state index >= 15 is 0 Å². The molecule has 6 atom stereocenters. The summed E-state index contributed by atoms with van der Waals surface area (Å²) in [5, 5.41) is 6.83. The minimum atomic E-state index is -0.297. The molecule has 230 valence electrons. The summed E-state index contributed by atoms with van der Waals surface area (Å²) < 4.78 is 9.73. The summed E-state index contributed by atoms with van der Waals surface area (Å²) in [6.45, 7) is 0. The molecule has 0 spiro atoms. The Morgan fingerprint density at radius 3 is 1.55 bits per heavy atom. The number of benzene rings is 1. The molecule has 4 bridgehead atoms. The van der Waals surface area contributed by atoms with Crippen LogP contribution in [0.5, 0.6) is 0 Å². The van der Waals surface area contributed by atoms with Gasteiger partial charge in [0.2, 0.25) is 0 Å². The van der Waals surface area contributed by atoms with Crippen LogP contribution < -0.4 is 10.6 Å². The lowest BCUT2D eigenvalue weighted by Gasteiger charge is -2.49. The van der Waals surface area contributed by atoms with Gasteiger partial charge in [0.05, 0.1) is 25.3 Å². The predicted molar refractivity (Wildman–Crippen MR) is 159 cm³/mol. The van der Waals surface area contributed by atoms with E-state index in [1.54, 1.807) is 12.1 Å². The Kier molecular flexibility index (Phi) is 9.58. The first-order valence-corrected chi connectivity index (χ1v) is 16.1. The van der Waals surface area contributed by atoms with Crippen LogP contribution in [0, 0.1) is 23.7 Å². The number of ether oxygens (including phenoxy) is 2. The largest absolute Gasteiger partial charge is 0.469 e. The molecular weight excluding hydrogens is 532 g/mol. The number of fused-ring (bicyclic) bond motifs is 4. The zero-order valence-electron chi connectivity index (χ0n) is 25.4. The van der Waals surface area contributed by atoms with Gasteiger partial charge in [0.1, 0.15) is 0 Å². The maximum absolute atomic E-state index is 13.9. The molecule has 0 heterocycles. The van der Waals surface area contributed by atoms with Gasteiger partial charge in [-0.3, -0.25) is 19.2 Å². The second-order valence-corrected chi connectivity index (χ2v) is 13.8. The fourth-order valence-electron chi connectivity index (χ4n) is 9.07. The fourth-order valence-corrected chi connectivity index (χ4v) is 9.07. The third kappa shape index (κ3) is 7.17. The average Bonchev–Trinajstić information content (AvgIpc) is 2.97. The predicted octanol–water partition coefficient (Wildman–Crippen LogP) is 5.73. The summed E-state index contributed by atoms with van der Waals surface area (Å²) in [5.74, 6) is 1.11. The van der Waals surface area contributed by atoms with Crippen molar-refractivity contribution in [3.63, 3.8) is 0 Å². The van der Waals surface area contributed by atoms with Gasteiger partial charge >= 0.3 is 11.9 Å². The Labute approximate surface area is 250 Å². The smallest absolute Gasteiger partial charge is 0.305 e. The zero-order valence-corrected chi connectivity index (χ0v) is 25.4. The highest BCUT2D eigenvalue weighted by Crippen LogP contribution is 2.48. The van der Waals surface area contributed by atoms with Crippen LogP contribution in [0.3, 0.4) is 0 Å². The number of nitrogens with one attached hydrogen (secondary N) is 2. The highest BCUT2D eigenvalue weighted by atomic mass is 16.5. The van der Waals surface area contributed by atoms with Crippen molar-refractivity contribution in [2.75, 3.05) is 14.2 Å². The topological polar surface area (TPSA) is 111 Å². The van der Waals surface area contributed by atoms with Crippen molar-refractivity contribution in [3.05, 3.63) is 35.4 Å². The van der Waals surface area contributed by atoms with E-state index in [-0.39, 0.29) is 34.8 Å². The third-order valence-corrected chi connectivity index (χ3v) is 10.7. The third-order valence-electron chi connectivity index (χ3n) is 10.7. The molecule has 4 aliphatic carbocycles. The molecule has 0 aromatic heterocycles. The van der Waals surface area contributed by atoms with Crippen molar-refractivity contribution in [3.8, 4) is 0 Å². The molecule has 4 saturated carbocycles. The molecule has 42 heavy (non-hydrogen) atoms. The summed E-state index contributed by atoms with van der Waals surface area (Å²) in [5.41, 5.74) is 0.248. The van der Waals surface area contributed by atoms with Gasteiger partial charge in [-0.05, 0) is 100 Å². The summed E-state index contributed by atoms with van der Waals surface area (Å²) in [4.78, 5) is 51.3. The standard InChI is InChI=1S/C34H48N2O6/c1-41-29(37)13-11-25-17-23-7-5-15-33(19-23,21-25)35-31(39)27-9-3-4-10-28(27)32(40)36-34-16-6-8-24(20-34)18-26(22-34)12-14-30(38)42-2/h3-4,9-10,23-26H,5-8,11-22H2,1-2H3,(H,35,39)(H,36,40)/t23-,24+,25-,26+,33+,34-. The van der Waals surface area contributed by atoms with Crippen molar-refractivity contribution in [2.24, 2.45) is 23.7 Å². The molecule has 0 aliphatic heterocycles. The second kappa shape index (κ2) is 13.2. The number of hydrogen-bond acceptors (Lipinski definition) is 6. The normalized spacial score (nSPS) is 31.9. The minimum Gasteiger partial charge on any atom is -0.469 e. The highest BCUT2D eigenvalue weighted by Gasteiger charge is 2.46. The van der Waals surface area contributed by atoms with E-state index in [9.17, 15) is 19.2 Å². The van der Waals surface area contributed by atoms with Crippen molar-refractivity contribution >= 4 is 23.8 Å². The summed E-state index contributed by atoms with van der Waals surface area (Å²) >= 11 is 0. The molecule has 5 rings (SSSR count). The number of methoxy groups -OCH3 is 2. The molecule has 0 saturated heterocycles. The molecular formula is C34H48N2O6. The number of rotatable bonds is 10. The lowest BCUT2D eigenvalue weighted by atomic mass is 9.62. The molecule has 0 radical (unpaired) electrons. The molecule has 8 nitrogen and oxygen atoms in total. The van der Waals surface area contributed by atoms with Gasteiger partial charge in [-0.15, -0.1) is 0 Å². The van der Waals surface area contributed by atoms with Crippen LogP contribution in [0.4, 0.5) is 0 Å². The molecule has 8 heteroatoms. The van der Waals surface area contributed by atoms with Gasteiger partial charge in [0.15, 0.2) is 0 Å². The van der Waals surface area contributed by atoms with E-state index in [1.165, 1.54) is 14.2 Å². The minimum absolute atomic E-state index is 0.180. The van der Waals surface area contributed by atoms with Crippen molar-refractivity contribution in [2.45, 2.75) is 114 Å². The first kappa shape index (κ1) is 30.6. The van der Waals surface area contributed by atoms with Crippen LogP contribution in [-0.4, -0.2) is 49.1 Å². The highest BCUT2D eigenvalue weighted by molar-refractivity contribution is 6.07. The maximum Gasteiger partial charge on any atom is 0.305 e. The SMILES string of the molecule is COC(=O)CC[C@@H]1C[C@H]2CCC[C@](NC(=O)c3ccccc3C(=O)N[C@@]34CCC[C@@H](C[C@H](CCC(=O)OC)C3)C4)(C2)C1. The van der Waals surface area contributed by atoms with Gasteiger partial charge in [-0.25, -0.2) is 0 Å². The van der Waals surface area contributed by atoms with Gasteiger partial charge < -0.3 is 20.1 Å². The van der Waals surface area contributed by atoms with Crippen LogP contribution in [-0.2, 0) is 19.1 Å². The molecule has 4 fully saturated rings. The van der Waals surface area contributed by atoms with Crippen LogP contribution in [0.25, 0.3) is 0 Å². The summed E-state index contributed by atoms with van der Waals surface area (Å²) in [7, 11) is 2.86. The van der Waals surface area contributed by atoms with Crippen LogP contribution in [0.2, 0.25) is 0 Å². The van der Waals surface area contributed by atoms with E-state index in [2.05, 4.69) is 10.6 Å². The first-order chi connectivity index (χ1) is 20.2. The Hall–Kier alpha value is -2.90. The molecule has 2 N–H and O–H groups in total. The van der Waals surface area contributed by atoms with Gasteiger partial charge in [0, 0.05) is 23.9 Å². The lowest BCUT2D eigenvalue weighted by Crippen LogP contribution is -2.56. The van der Waals surface area contributed by atoms with Crippen LogP contribution >= 0.6 is 0 Å². The van der Waals surface area contributed by atoms with Gasteiger partial charge in [0.25, 0.3) is 11.8 Å². The zero-order chi connectivity index (χ0) is 29.7. The average molecular weight is 581 g/mol. The Morgan fingerprint density at radius 2 is 1.14 bits per heavy atom. The molecule has 0 unspecified atom stereocenters. The monoisotopic (exact) mass is 580 g/mol. The number of carbonyl (C=O) groups is 4. The number of esters is 2. The Morgan fingerprint density at radius 1 is 0.714 bits per heavy atom. The molecule has 1 aromatic carbocycles. The number of amides is 2. The molecule has 4 aliphatic rings. The summed E-state index contributed by atoms with van der Waals surface area (Å²) in [6.07, 6.45) is 14.5. The van der Waals surface area contributed by atoms with E-state index in [0.29, 0.717) is 47.6 Å². The quantitative estimate of drug-likeness (QED) is 0.342. The number of hydrogen-bond donors (Lipinski definition) is 2. The lowest BCUT2D eigenvalue weighted by molar-refractivity contribution is -0.142. The molecule has 2 amide bonds. The Balaban J connectivity index is 1.28. The van der Waals surface area contributed by atoms with E-state index in [4.69, 9.17) is 9.47 Å². The van der Waals surface area contributed by atoms with Crippen LogP contribution in [0.15, 0.2) is 24.3 Å². The van der Waals surface area contributed by atoms with E-state index in [0.717, 1.165) is 89.9 Å². The van der Waals surface area contributed by atoms with E-state index in [1.807, 2.05) is 12.1 Å². The van der Waals surface area contributed by atoms with Crippen molar-refractivity contribution in [1.82, 2.24) is 10.6 Å². The van der Waals surface area contributed by atoms with Gasteiger partial charge in [-0.1, -0.05) is 37.8 Å². The second-order valence-electron chi connectivity index (χ2n) is 13.8. The molecule has 1 aromatic rings. The van der Waals surface area contributed by atoms with Crippen molar-refractivity contribution < 1.29 is 28.7 Å². The Bertz CT molecular complexity index is 1080. The first-order valence-electron chi connectivity index (χ1n) is 16.1. The number of carbonyl (C=O) groups excluding carboxylic acids is 4. The van der Waals surface area contributed by atoms with Crippen molar-refractivity contribution in [1.29, 1.82) is 0 Å². The fraction of sp³-hybridized carbons (Fsp3) is 0.706.